The molecule has 0 unspecified atom stereocenters. The molecule has 0 bridgehead atoms. The van der Waals surface area contributed by atoms with Crippen molar-refractivity contribution in [2.45, 2.75) is 63.0 Å². The molecular weight excluding hydrogens is 282 g/mol. The third-order valence-corrected chi connectivity index (χ3v) is 5.73. The fourth-order valence-electron chi connectivity index (χ4n) is 2.78. The molecule has 21 heavy (non-hydrogen) atoms. The fourth-order valence-corrected chi connectivity index (χ4v) is 3.84. The fraction of sp³-hybridized carbons (Fsp3) is 0.588. The van der Waals surface area contributed by atoms with Gasteiger partial charge >= 0.3 is 0 Å². The summed E-state index contributed by atoms with van der Waals surface area (Å²) in [5, 5.41) is 2.61. The van der Waals surface area contributed by atoms with Crippen LogP contribution in [0.5, 0.6) is 0 Å². The van der Waals surface area contributed by atoms with Crippen LogP contribution in [0.2, 0.25) is 0 Å². The van der Waals surface area contributed by atoms with Gasteiger partial charge in [0, 0.05) is 22.6 Å². The lowest BCUT2D eigenvalue weighted by molar-refractivity contribution is -0.121. The molecular formula is C17H25NO2S. The first kappa shape index (κ1) is 16.2. The lowest BCUT2D eigenvalue weighted by atomic mass is 9.95. The third kappa shape index (κ3) is 4.95. The molecule has 3 nitrogen and oxygen atoms in total. The Morgan fingerprint density at radius 2 is 2.05 bits per heavy atom. The quantitative estimate of drug-likeness (QED) is 0.908. The van der Waals surface area contributed by atoms with Crippen molar-refractivity contribution in [3.05, 3.63) is 35.4 Å². The van der Waals surface area contributed by atoms with E-state index in [0.717, 1.165) is 24.0 Å². The van der Waals surface area contributed by atoms with Gasteiger partial charge < -0.3 is 5.32 Å². The number of carbonyl (C=O) groups excluding carboxylic acids is 1. The summed E-state index contributed by atoms with van der Waals surface area (Å²) in [5.41, 5.74) is 2.19. The first-order chi connectivity index (χ1) is 10.1. The molecule has 1 fully saturated rings. The molecule has 0 heterocycles. The molecule has 1 N–H and O–H groups in total. The molecule has 0 aliphatic heterocycles. The van der Waals surface area contributed by atoms with Crippen LogP contribution in [-0.2, 0) is 21.3 Å². The third-order valence-electron chi connectivity index (χ3n) is 4.11. The van der Waals surface area contributed by atoms with Crippen molar-refractivity contribution in [1.29, 1.82) is 0 Å². The van der Waals surface area contributed by atoms with E-state index in [9.17, 15) is 9.00 Å². The second-order valence-corrected chi connectivity index (χ2v) is 7.76. The van der Waals surface area contributed by atoms with Crippen LogP contribution in [0.4, 0.5) is 0 Å². The van der Waals surface area contributed by atoms with E-state index in [1.165, 1.54) is 19.3 Å². The maximum absolute atomic E-state index is 12.4. The van der Waals surface area contributed by atoms with Crippen molar-refractivity contribution >= 4 is 16.7 Å². The van der Waals surface area contributed by atoms with Gasteiger partial charge in [0.2, 0.25) is 5.91 Å². The van der Waals surface area contributed by atoms with Gasteiger partial charge in [-0.05, 0) is 32.3 Å². The van der Waals surface area contributed by atoms with Crippen LogP contribution in [0.1, 0.15) is 50.2 Å². The molecule has 2 atom stereocenters. The second-order valence-electron chi connectivity index (χ2n) is 6.00. The van der Waals surface area contributed by atoms with Crippen LogP contribution in [-0.4, -0.2) is 21.4 Å². The summed E-state index contributed by atoms with van der Waals surface area (Å²) in [6, 6.07) is 8.27. The predicted molar refractivity (Wildman–Crippen MR) is 87.5 cm³/mol. The SMILES string of the molecule is Cc1cccc(C[S@](=O)[C@@H](C)C(=O)NC2CCCCC2)c1. The lowest BCUT2D eigenvalue weighted by Gasteiger charge is -2.24. The zero-order valence-electron chi connectivity index (χ0n) is 12.9. The van der Waals surface area contributed by atoms with Gasteiger partial charge in [-0.1, -0.05) is 49.1 Å². The monoisotopic (exact) mass is 307 g/mol. The van der Waals surface area contributed by atoms with Gasteiger partial charge in [0.25, 0.3) is 0 Å². The summed E-state index contributed by atoms with van der Waals surface area (Å²) in [4.78, 5) is 12.2. The number of carbonyl (C=O) groups is 1. The number of rotatable bonds is 5. The summed E-state index contributed by atoms with van der Waals surface area (Å²) in [6.07, 6.45) is 5.75. The van der Waals surface area contributed by atoms with Gasteiger partial charge in [-0.2, -0.15) is 0 Å². The minimum absolute atomic E-state index is 0.0621. The average molecular weight is 307 g/mol. The zero-order chi connectivity index (χ0) is 15.2. The first-order valence-corrected chi connectivity index (χ1v) is 9.17. The Labute approximate surface area is 130 Å². The van der Waals surface area contributed by atoms with Crippen molar-refractivity contribution in [2.24, 2.45) is 0 Å². The number of nitrogens with one attached hydrogen (secondary N) is 1. The molecule has 1 saturated carbocycles. The number of hydrogen-bond donors (Lipinski definition) is 1. The van der Waals surface area contributed by atoms with Gasteiger partial charge in [0.15, 0.2) is 0 Å². The van der Waals surface area contributed by atoms with E-state index in [-0.39, 0.29) is 11.9 Å². The first-order valence-electron chi connectivity index (χ1n) is 7.79. The van der Waals surface area contributed by atoms with Crippen LogP contribution in [0, 0.1) is 6.92 Å². The van der Waals surface area contributed by atoms with E-state index in [4.69, 9.17) is 0 Å². The molecule has 1 aromatic rings. The maximum Gasteiger partial charge on any atom is 0.235 e. The van der Waals surface area contributed by atoms with Gasteiger partial charge in [0.05, 0.1) is 0 Å². The highest BCUT2D eigenvalue weighted by molar-refractivity contribution is 7.85. The Morgan fingerprint density at radius 1 is 1.33 bits per heavy atom. The smallest absolute Gasteiger partial charge is 0.235 e. The maximum atomic E-state index is 12.4. The molecule has 0 spiro atoms. The minimum Gasteiger partial charge on any atom is -0.352 e. The van der Waals surface area contributed by atoms with E-state index < -0.39 is 16.0 Å². The number of hydrogen-bond acceptors (Lipinski definition) is 2. The van der Waals surface area contributed by atoms with E-state index in [1.54, 1.807) is 6.92 Å². The molecule has 116 valence electrons. The summed E-state index contributed by atoms with van der Waals surface area (Å²) >= 11 is 0. The summed E-state index contributed by atoms with van der Waals surface area (Å²) < 4.78 is 12.4. The molecule has 1 aliphatic carbocycles. The standard InChI is InChI=1S/C17H25NO2S/c1-13-7-6-8-15(11-13)12-21(20)14(2)17(19)18-16-9-4-3-5-10-16/h6-8,11,14,16H,3-5,9-10,12H2,1-2H3,(H,18,19)/t14-,21-/m0/s1. The zero-order valence-corrected chi connectivity index (χ0v) is 13.7. The predicted octanol–water partition coefficient (Wildman–Crippen LogP) is 3.08. The molecule has 4 heteroatoms. The molecule has 1 amide bonds. The van der Waals surface area contributed by atoms with Crippen molar-refractivity contribution in [2.75, 3.05) is 0 Å². The normalized spacial score (nSPS) is 19.0. The minimum atomic E-state index is -1.17. The molecule has 0 radical (unpaired) electrons. The topological polar surface area (TPSA) is 46.2 Å². The van der Waals surface area contributed by atoms with E-state index in [1.807, 2.05) is 31.2 Å². The van der Waals surface area contributed by atoms with Crippen molar-refractivity contribution in [1.82, 2.24) is 5.32 Å². The summed E-state index contributed by atoms with van der Waals surface area (Å²) in [6.45, 7) is 3.79. The van der Waals surface area contributed by atoms with Crippen molar-refractivity contribution in [3.8, 4) is 0 Å². The van der Waals surface area contributed by atoms with E-state index >= 15 is 0 Å². The Hall–Kier alpha value is -1.16. The highest BCUT2D eigenvalue weighted by Crippen LogP contribution is 2.18. The number of amides is 1. The summed E-state index contributed by atoms with van der Waals surface area (Å²) in [5.74, 6) is 0.383. The second kappa shape index (κ2) is 7.74. The highest BCUT2D eigenvalue weighted by Gasteiger charge is 2.23. The molecule has 0 saturated heterocycles. The van der Waals surface area contributed by atoms with Gasteiger partial charge in [-0.3, -0.25) is 9.00 Å². The van der Waals surface area contributed by atoms with Gasteiger partial charge in [-0.15, -0.1) is 0 Å². The van der Waals surface area contributed by atoms with E-state index in [0.29, 0.717) is 5.75 Å². The molecule has 2 rings (SSSR count). The van der Waals surface area contributed by atoms with Gasteiger partial charge in [-0.25, -0.2) is 0 Å². The van der Waals surface area contributed by atoms with Crippen molar-refractivity contribution in [3.63, 3.8) is 0 Å². The Balaban J connectivity index is 1.87. The Bertz CT molecular complexity index is 509. The number of aryl methyl sites for hydroxylation is 1. The number of benzene rings is 1. The molecule has 0 aromatic heterocycles. The van der Waals surface area contributed by atoms with E-state index in [2.05, 4.69) is 5.32 Å². The van der Waals surface area contributed by atoms with Crippen molar-refractivity contribution < 1.29 is 9.00 Å². The lowest BCUT2D eigenvalue weighted by Crippen LogP contribution is -2.42. The largest absolute Gasteiger partial charge is 0.352 e. The van der Waals surface area contributed by atoms with Gasteiger partial charge in [0.1, 0.15) is 5.25 Å². The Morgan fingerprint density at radius 3 is 2.71 bits per heavy atom. The Kier molecular flexibility index (Phi) is 5.97. The average Bonchev–Trinajstić information content (AvgIpc) is 2.47. The molecule has 1 aliphatic rings. The highest BCUT2D eigenvalue weighted by atomic mass is 32.2. The van der Waals surface area contributed by atoms with Crippen LogP contribution in [0.15, 0.2) is 24.3 Å². The summed E-state index contributed by atoms with van der Waals surface area (Å²) in [7, 11) is -1.17. The molecule has 1 aromatic carbocycles. The van der Waals surface area contributed by atoms with Crippen LogP contribution in [0.3, 0.4) is 0 Å². The van der Waals surface area contributed by atoms with Crippen LogP contribution < -0.4 is 5.32 Å². The van der Waals surface area contributed by atoms with Crippen LogP contribution >= 0.6 is 0 Å². The van der Waals surface area contributed by atoms with Crippen LogP contribution in [0.25, 0.3) is 0 Å².